The molecule has 1 saturated heterocycles. The van der Waals surface area contributed by atoms with E-state index in [0.29, 0.717) is 29.1 Å². The Balaban J connectivity index is 1.66. The number of nitrogens with zero attached hydrogens (tertiary/aromatic N) is 1. The Labute approximate surface area is 147 Å². The Morgan fingerprint density at radius 1 is 1.16 bits per heavy atom. The third-order valence-electron chi connectivity index (χ3n) is 6.76. The monoisotopic (exact) mass is 338 g/mol. The van der Waals surface area contributed by atoms with Gasteiger partial charge in [0.1, 0.15) is 11.6 Å². The van der Waals surface area contributed by atoms with E-state index < -0.39 is 0 Å². The lowest BCUT2D eigenvalue weighted by atomic mass is 9.58. The molecule has 1 saturated carbocycles. The number of anilines is 2. The highest BCUT2D eigenvalue weighted by molar-refractivity contribution is 5.60. The number of hydrogen-bond donors (Lipinski definition) is 2. The molecular formula is C21H23FN2O. The second-order valence-electron chi connectivity index (χ2n) is 7.96. The summed E-state index contributed by atoms with van der Waals surface area (Å²) in [6, 6.07) is 11.2. The first-order valence-corrected chi connectivity index (χ1v) is 9.22. The molecule has 2 aliphatic carbocycles. The number of phenols is 1. The van der Waals surface area contributed by atoms with Gasteiger partial charge >= 0.3 is 0 Å². The summed E-state index contributed by atoms with van der Waals surface area (Å²) in [5, 5.41) is 10.1. The zero-order chi connectivity index (χ0) is 17.2. The van der Waals surface area contributed by atoms with Gasteiger partial charge in [0.25, 0.3) is 0 Å². The van der Waals surface area contributed by atoms with E-state index in [0.717, 1.165) is 19.4 Å². The van der Waals surface area contributed by atoms with E-state index in [1.54, 1.807) is 12.1 Å². The summed E-state index contributed by atoms with van der Waals surface area (Å²) in [5.41, 5.74) is 9.55. The Morgan fingerprint density at radius 2 is 2.04 bits per heavy atom. The van der Waals surface area contributed by atoms with Gasteiger partial charge in [-0.1, -0.05) is 18.9 Å². The third kappa shape index (κ3) is 2.03. The van der Waals surface area contributed by atoms with Crippen molar-refractivity contribution < 1.29 is 9.50 Å². The lowest BCUT2D eigenvalue weighted by Crippen LogP contribution is -2.44. The molecule has 0 radical (unpaired) electrons. The Morgan fingerprint density at radius 3 is 2.88 bits per heavy atom. The van der Waals surface area contributed by atoms with E-state index in [9.17, 15) is 9.50 Å². The van der Waals surface area contributed by atoms with Crippen LogP contribution in [0.4, 0.5) is 15.8 Å². The zero-order valence-corrected chi connectivity index (χ0v) is 14.2. The summed E-state index contributed by atoms with van der Waals surface area (Å²) in [6.07, 6.45) is 5.68. The Hall–Kier alpha value is -2.23. The standard InChI is InChI=1S/C21H23FN2O/c22-18-10-14(23)5-7-19(18)24-12-21-8-2-1-3-16(21)20(24)9-13-4-6-15(25)11-17(13)21/h4-7,10-11,16,20,25H,1-3,8-9,12,23H2. The predicted octanol–water partition coefficient (Wildman–Crippen LogP) is 3.99. The van der Waals surface area contributed by atoms with Crippen LogP contribution >= 0.6 is 0 Å². The van der Waals surface area contributed by atoms with Crippen LogP contribution in [-0.2, 0) is 11.8 Å². The van der Waals surface area contributed by atoms with Crippen molar-refractivity contribution in [1.29, 1.82) is 0 Å². The van der Waals surface area contributed by atoms with E-state index >= 15 is 0 Å². The summed E-state index contributed by atoms with van der Waals surface area (Å²) in [7, 11) is 0. The number of rotatable bonds is 1. The van der Waals surface area contributed by atoms with Crippen molar-refractivity contribution in [3.63, 3.8) is 0 Å². The number of benzene rings is 2. The molecule has 1 aliphatic heterocycles. The third-order valence-corrected chi connectivity index (χ3v) is 6.76. The highest BCUT2D eigenvalue weighted by atomic mass is 19.1. The van der Waals surface area contributed by atoms with Crippen molar-refractivity contribution in [2.45, 2.75) is 43.6 Å². The highest BCUT2D eigenvalue weighted by Crippen LogP contribution is 2.57. The van der Waals surface area contributed by atoms with Crippen LogP contribution in [0.5, 0.6) is 5.75 Å². The molecule has 1 heterocycles. The zero-order valence-electron chi connectivity index (χ0n) is 14.2. The van der Waals surface area contributed by atoms with Gasteiger partial charge in [0, 0.05) is 23.7 Å². The van der Waals surface area contributed by atoms with Gasteiger partial charge in [-0.25, -0.2) is 4.39 Å². The first-order chi connectivity index (χ1) is 12.1. The number of halogens is 1. The van der Waals surface area contributed by atoms with Crippen molar-refractivity contribution in [2.24, 2.45) is 5.92 Å². The van der Waals surface area contributed by atoms with E-state index in [-0.39, 0.29) is 11.2 Å². The van der Waals surface area contributed by atoms with Gasteiger partial charge in [0.2, 0.25) is 0 Å². The molecule has 0 aromatic heterocycles. The van der Waals surface area contributed by atoms with Gasteiger partial charge in [0.15, 0.2) is 0 Å². The molecule has 25 heavy (non-hydrogen) atoms. The van der Waals surface area contributed by atoms with E-state index in [2.05, 4.69) is 11.0 Å². The van der Waals surface area contributed by atoms with Crippen molar-refractivity contribution in [3.05, 3.63) is 53.3 Å². The predicted molar refractivity (Wildman–Crippen MR) is 97.4 cm³/mol. The topological polar surface area (TPSA) is 49.5 Å². The van der Waals surface area contributed by atoms with Crippen molar-refractivity contribution in [3.8, 4) is 5.75 Å². The van der Waals surface area contributed by atoms with Gasteiger partial charge in [-0.05, 0) is 66.6 Å². The molecule has 4 heteroatoms. The molecule has 3 atom stereocenters. The minimum Gasteiger partial charge on any atom is -0.508 e. The van der Waals surface area contributed by atoms with Gasteiger partial charge in [-0.15, -0.1) is 0 Å². The highest BCUT2D eigenvalue weighted by Gasteiger charge is 2.57. The van der Waals surface area contributed by atoms with Crippen LogP contribution < -0.4 is 10.6 Å². The van der Waals surface area contributed by atoms with Gasteiger partial charge in [-0.3, -0.25) is 0 Å². The van der Waals surface area contributed by atoms with Crippen molar-refractivity contribution in [2.75, 3.05) is 17.2 Å². The van der Waals surface area contributed by atoms with Gasteiger partial charge in [-0.2, -0.15) is 0 Å². The van der Waals surface area contributed by atoms with Gasteiger partial charge < -0.3 is 15.7 Å². The Kier molecular flexibility index (Phi) is 3.09. The number of nitrogens with two attached hydrogens (primary N) is 1. The van der Waals surface area contributed by atoms with Crippen LogP contribution in [-0.4, -0.2) is 17.7 Å². The molecule has 0 spiro atoms. The first-order valence-electron chi connectivity index (χ1n) is 9.22. The van der Waals surface area contributed by atoms with E-state index in [1.165, 1.54) is 36.5 Å². The number of aromatic hydroxyl groups is 1. The molecule has 3 unspecified atom stereocenters. The van der Waals surface area contributed by atoms with Crippen LogP contribution in [0.2, 0.25) is 0 Å². The number of hydrogen-bond acceptors (Lipinski definition) is 3. The summed E-state index contributed by atoms with van der Waals surface area (Å²) in [4.78, 5) is 2.28. The quantitative estimate of drug-likeness (QED) is 0.773. The Bertz CT molecular complexity index is 852. The smallest absolute Gasteiger partial charge is 0.148 e. The normalized spacial score (nSPS) is 30.0. The summed E-state index contributed by atoms with van der Waals surface area (Å²) >= 11 is 0. The van der Waals surface area contributed by atoms with Crippen molar-refractivity contribution in [1.82, 2.24) is 0 Å². The molecule has 2 fully saturated rings. The molecule has 3 aliphatic rings. The molecule has 3 N–H and O–H groups in total. The van der Waals surface area contributed by atoms with Gasteiger partial charge in [0.05, 0.1) is 5.69 Å². The van der Waals surface area contributed by atoms with Crippen LogP contribution in [0.1, 0.15) is 36.8 Å². The molecule has 5 rings (SSSR count). The van der Waals surface area contributed by atoms with Crippen LogP contribution in [0.3, 0.4) is 0 Å². The second-order valence-corrected chi connectivity index (χ2v) is 7.96. The fourth-order valence-electron chi connectivity index (χ4n) is 5.78. The molecule has 0 amide bonds. The first kappa shape index (κ1) is 15.1. The van der Waals surface area contributed by atoms with E-state index in [1.807, 2.05) is 12.1 Å². The lowest BCUT2D eigenvalue weighted by molar-refractivity contribution is 0.202. The van der Waals surface area contributed by atoms with Crippen molar-refractivity contribution >= 4 is 11.4 Å². The average molecular weight is 338 g/mol. The molecule has 3 nitrogen and oxygen atoms in total. The lowest BCUT2D eigenvalue weighted by Gasteiger charge is -2.44. The van der Waals surface area contributed by atoms with Crippen LogP contribution in [0.25, 0.3) is 0 Å². The summed E-state index contributed by atoms with van der Waals surface area (Å²) < 4.78 is 14.7. The number of nitrogen functional groups attached to an aromatic ring is 1. The molecule has 2 bridgehead atoms. The molecule has 130 valence electrons. The summed E-state index contributed by atoms with van der Waals surface area (Å²) in [6.45, 7) is 0.833. The fraction of sp³-hybridized carbons (Fsp3) is 0.429. The maximum Gasteiger partial charge on any atom is 0.148 e. The largest absolute Gasteiger partial charge is 0.508 e. The number of fused-ring (bicyclic) bond motifs is 1. The minimum absolute atomic E-state index is 0.0447. The second kappa shape index (κ2) is 5.13. The molecular weight excluding hydrogens is 315 g/mol. The molecule has 2 aromatic carbocycles. The average Bonchev–Trinajstić information content (AvgIpc) is 2.85. The fourth-order valence-corrected chi connectivity index (χ4v) is 5.78. The summed E-state index contributed by atoms with van der Waals surface area (Å²) in [5.74, 6) is 0.646. The minimum atomic E-state index is -0.229. The molecule has 2 aromatic rings. The van der Waals surface area contributed by atoms with E-state index in [4.69, 9.17) is 5.73 Å². The van der Waals surface area contributed by atoms with Crippen LogP contribution in [0, 0.1) is 11.7 Å². The number of phenolic OH excluding ortho intramolecular Hbond substituents is 1. The van der Waals surface area contributed by atoms with Crippen LogP contribution in [0.15, 0.2) is 36.4 Å². The maximum absolute atomic E-state index is 14.7. The maximum atomic E-state index is 14.7. The SMILES string of the molecule is Nc1ccc(N2CC34CCCCC3C2Cc2ccc(O)cc24)c(F)c1.